The summed E-state index contributed by atoms with van der Waals surface area (Å²) in [6.07, 6.45) is 6.28. The third-order valence-electron chi connectivity index (χ3n) is 5.28. The summed E-state index contributed by atoms with van der Waals surface area (Å²) in [6, 6.07) is 24.1. The molecule has 2 N–H and O–H groups in total. The van der Waals surface area contributed by atoms with Crippen LogP contribution in [0.4, 0.5) is 0 Å². The van der Waals surface area contributed by atoms with Crippen molar-refractivity contribution in [1.29, 1.82) is 0 Å². The van der Waals surface area contributed by atoms with Crippen LogP contribution in [0, 0.1) is 0 Å². The lowest BCUT2D eigenvalue weighted by atomic mass is 9.86. The molecule has 0 saturated carbocycles. The van der Waals surface area contributed by atoms with Crippen LogP contribution >= 0.6 is 0 Å². The van der Waals surface area contributed by atoms with Crippen LogP contribution in [0.25, 0.3) is 37.9 Å². The van der Waals surface area contributed by atoms with Crippen LogP contribution in [0.1, 0.15) is 18.4 Å². The molecule has 0 radical (unpaired) electrons. The highest BCUT2D eigenvalue weighted by molar-refractivity contribution is 6.21. The van der Waals surface area contributed by atoms with Gasteiger partial charge in [0, 0.05) is 5.70 Å². The van der Waals surface area contributed by atoms with Gasteiger partial charge in [0.25, 0.3) is 0 Å². The van der Waals surface area contributed by atoms with Gasteiger partial charge in [-0.05, 0) is 68.4 Å². The van der Waals surface area contributed by atoms with Gasteiger partial charge in [-0.1, -0.05) is 66.7 Å². The molecule has 0 saturated heterocycles. The van der Waals surface area contributed by atoms with Gasteiger partial charge in [-0.2, -0.15) is 0 Å². The molecule has 0 amide bonds. The predicted molar refractivity (Wildman–Crippen MR) is 108 cm³/mol. The standard InChI is InChI=1S/C24H19N/c25-23-12-6-5-11-20(23)22-15-17-8-2-3-9-18(17)21-14-13-16-7-1-4-10-19(16)24(21)22/h1-4,6-10,12-15H,5,11,25H2. The van der Waals surface area contributed by atoms with E-state index in [1.54, 1.807) is 0 Å². The van der Waals surface area contributed by atoms with E-state index in [9.17, 15) is 0 Å². The first-order chi connectivity index (χ1) is 12.3. The van der Waals surface area contributed by atoms with Crippen molar-refractivity contribution in [1.82, 2.24) is 0 Å². The van der Waals surface area contributed by atoms with E-state index in [0.29, 0.717) is 0 Å². The monoisotopic (exact) mass is 321 g/mol. The Morgan fingerprint density at radius 3 is 2.32 bits per heavy atom. The second kappa shape index (κ2) is 5.49. The van der Waals surface area contributed by atoms with Crippen LogP contribution in [0.2, 0.25) is 0 Å². The molecule has 0 bridgehead atoms. The van der Waals surface area contributed by atoms with Gasteiger partial charge in [-0.25, -0.2) is 0 Å². The molecule has 0 fully saturated rings. The minimum atomic E-state index is 0.899. The zero-order valence-electron chi connectivity index (χ0n) is 14.0. The van der Waals surface area contributed by atoms with Crippen LogP contribution in [-0.2, 0) is 0 Å². The lowest BCUT2D eigenvalue weighted by Gasteiger charge is -2.18. The summed E-state index contributed by atoms with van der Waals surface area (Å²) in [4.78, 5) is 0. The average molecular weight is 321 g/mol. The summed E-state index contributed by atoms with van der Waals surface area (Å²) < 4.78 is 0. The number of hydrogen-bond donors (Lipinski definition) is 1. The largest absolute Gasteiger partial charge is 0.398 e. The van der Waals surface area contributed by atoms with Crippen molar-refractivity contribution < 1.29 is 0 Å². The molecule has 0 aromatic heterocycles. The molecule has 1 nitrogen and oxygen atoms in total. The van der Waals surface area contributed by atoms with Gasteiger partial charge in [0.05, 0.1) is 0 Å². The van der Waals surface area contributed by atoms with Crippen LogP contribution in [0.5, 0.6) is 0 Å². The lowest BCUT2D eigenvalue weighted by molar-refractivity contribution is 1.03. The molecule has 4 aromatic rings. The third kappa shape index (κ3) is 2.16. The summed E-state index contributed by atoms with van der Waals surface area (Å²) >= 11 is 0. The first kappa shape index (κ1) is 14.3. The molecular formula is C24H19N. The second-order valence-electron chi connectivity index (χ2n) is 6.73. The quantitative estimate of drug-likeness (QED) is 0.417. The molecule has 5 rings (SSSR count). The molecule has 1 aliphatic carbocycles. The Kier molecular flexibility index (Phi) is 3.14. The minimum absolute atomic E-state index is 0.899. The Labute approximate surface area is 147 Å². The maximum Gasteiger partial charge on any atom is 0.0349 e. The van der Waals surface area contributed by atoms with Crippen molar-refractivity contribution in [2.24, 2.45) is 5.73 Å². The topological polar surface area (TPSA) is 26.0 Å². The molecule has 25 heavy (non-hydrogen) atoms. The van der Waals surface area contributed by atoms with Gasteiger partial charge in [0.15, 0.2) is 0 Å². The number of nitrogens with two attached hydrogens (primary N) is 1. The fourth-order valence-corrected chi connectivity index (χ4v) is 4.09. The Morgan fingerprint density at radius 2 is 1.48 bits per heavy atom. The molecule has 4 aromatic carbocycles. The molecular weight excluding hydrogens is 302 g/mol. The Morgan fingerprint density at radius 1 is 0.720 bits per heavy atom. The second-order valence-corrected chi connectivity index (χ2v) is 6.73. The van der Waals surface area contributed by atoms with Crippen LogP contribution in [0.15, 0.2) is 84.6 Å². The Balaban J connectivity index is 2.04. The van der Waals surface area contributed by atoms with E-state index in [4.69, 9.17) is 5.73 Å². The van der Waals surface area contributed by atoms with Crippen LogP contribution < -0.4 is 5.73 Å². The van der Waals surface area contributed by atoms with E-state index >= 15 is 0 Å². The SMILES string of the molecule is NC1=C(c2cc3ccccc3c3ccc4ccccc4c23)CCC=C1. The highest BCUT2D eigenvalue weighted by Gasteiger charge is 2.15. The number of benzene rings is 4. The van der Waals surface area contributed by atoms with E-state index in [-0.39, 0.29) is 0 Å². The Bertz CT molecular complexity index is 1190. The number of hydrogen-bond acceptors (Lipinski definition) is 1. The highest BCUT2D eigenvalue weighted by atomic mass is 14.6. The van der Waals surface area contributed by atoms with Gasteiger partial charge in [-0.15, -0.1) is 0 Å². The van der Waals surface area contributed by atoms with Crippen molar-refractivity contribution >= 4 is 37.9 Å². The summed E-state index contributed by atoms with van der Waals surface area (Å²) in [6.45, 7) is 0. The predicted octanol–water partition coefficient (Wildman–Crippen LogP) is 6.17. The van der Waals surface area contributed by atoms with Gasteiger partial charge in [-0.3, -0.25) is 0 Å². The summed E-state index contributed by atoms with van der Waals surface area (Å²) in [5, 5.41) is 7.78. The fourth-order valence-electron chi connectivity index (χ4n) is 4.09. The molecule has 0 unspecified atom stereocenters. The van der Waals surface area contributed by atoms with Crippen molar-refractivity contribution in [3.63, 3.8) is 0 Å². The maximum absolute atomic E-state index is 6.38. The van der Waals surface area contributed by atoms with E-state index in [1.807, 2.05) is 0 Å². The van der Waals surface area contributed by atoms with Crippen LogP contribution in [0.3, 0.4) is 0 Å². The maximum atomic E-state index is 6.38. The van der Waals surface area contributed by atoms with Crippen molar-refractivity contribution in [2.45, 2.75) is 12.8 Å². The first-order valence-electron chi connectivity index (χ1n) is 8.82. The van der Waals surface area contributed by atoms with Gasteiger partial charge in [0.2, 0.25) is 0 Å². The number of allylic oxidation sites excluding steroid dienone is 3. The van der Waals surface area contributed by atoms with E-state index < -0.39 is 0 Å². The summed E-state index contributed by atoms with van der Waals surface area (Å²) in [7, 11) is 0. The van der Waals surface area contributed by atoms with E-state index in [2.05, 4.69) is 78.9 Å². The highest BCUT2D eigenvalue weighted by Crippen LogP contribution is 2.39. The van der Waals surface area contributed by atoms with E-state index in [0.717, 1.165) is 18.5 Å². The lowest BCUT2D eigenvalue weighted by Crippen LogP contribution is -2.03. The van der Waals surface area contributed by atoms with Crippen molar-refractivity contribution in [3.05, 3.63) is 90.1 Å². The summed E-state index contributed by atoms with van der Waals surface area (Å²) in [5.74, 6) is 0. The molecule has 120 valence electrons. The molecule has 0 spiro atoms. The van der Waals surface area contributed by atoms with Crippen molar-refractivity contribution in [3.8, 4) is 0 Å². The minimum Gasteiger partial charge on any atom is -0.398 e. The zero-order chi connectivity index (χ0) is 16.8. The number of fused-ring (bicyclic) bond motifs is 5. The fraction of sp³-hybridized carbons (Fsp3) is 0.0833. The molecule has 0 heterocycles. The molecule has 1 heteroatoms. The molecule has 0 aliphatic heterocycles. The average Bonchev–Trinajstić information content (AvgIpc) is 2.67. The van der Waals surface area contributed by atoms with Gasteiger partial charge >= 0.3 is 0 Å². The smallest absolute Gasteiger partial charge is 0.0349 e. The molecule has 0 atom stereocenters. The summed E-state index contributed by atoms with van der Waals surface area (Å²) in [5.41, 5.74) is 9.84. The number of rotatable bonds is 1. The van der Waals surface area contributed by atoms with Crippen molar-refractivity contribution in [2.75, 3.05) is 0 Å². The van der Waals surface area contributed by atoms with Gasteiger partial charge in [0.1, 0.15) is 0 Å². The van der Waals surface area contributed by atoms with Gasteiger partial charge < -0.3 is 5.73 Å². The zero-order valence-corrected chi connectivity index (χ0v) is 14.0. The van der Waals surface area contributed by atoms with E-state index in [1.165, 1.54) is 43.5 Å². The Hall–Kier alpha value is -3.06. The third-order valence-corrected chi connectivity index (χ3v) is 5.28. The van der Waals surface area contributed by atoms with Crippen LogP contribution in [-0.4, -0.2) is 0 Å². The molecule has 1 aliphatic rings. The first-order valence-corrected chi connectivity index (χ1v) is 8.82. The normalized spacial score (nSPS) is 14.7.